The predicted octanol–water partition coefficient (Wildman–Crippen LogP) is 21.0. The van der Waals surface area contributed by atoms with Gasteiger partial charge in [-0.3, -0.25) is 0 Å². The first-order valence-electron chi connectivity index (χ1n) is 32.0. The third kappa shape index (κ3) is 30.9. The second-order valence-electron chi connectivity index (χ2n) is 22.8. The Kier molecular flexibility index (Phi) is 41.9. The van der Waals surface area contributed by atoms with E-state index in [1.807, 2.05) is 12.1 Å². The quantitative estimate of drug-likeness (QED) is 0.0247. The number of rotatable bonds is 46. The molecular weight excluding hydrogens is 1020 g/mol. The summed E-state index contributed by atoms with van der Waals surface area (Å²) in [6.45, 7) is 9.03. The predicted molar refractivity (Wildman–Crippen MR) is 332 cm³/mol. The van der Waals surface area contributed by atoms with Crippen LogP contribution in [-0.2, 0) is 45.9 Å². The van der Waals surface area contributed by atoms with Crippen molar-refractivity contribution in [1.29, 1.82) is 0 Å². The minimum absolute atomic E-state index is 0. The Hall–Kier alpha value is -1.52. The van der Waals surface area contributed by atoms with Crippen molar-refractivity contribution in [2.24, 2.45) is 0 Å². The van der Waals surface area contributed by atoms with Gasteiger partial charge in [0.05, 0.1) is 9.79 Å². The van der Waals surface area contributed by atoms with Gasteiger partial charge in [0.2, 0.25) is 0 Å². The van der Waals surface area contributed by atoms with Crippen LogP contribution in [0.2, 0.25) is 0 Å². The van der Waals surface area contributed by atoms with Crippen LogP contribution in [0.4, 0.5) is 0 Å². The number of fused-ring (bicyclic) bond motifs is 2. The van der Waals surface area contributed by atoms with Crippen LogP contribution < -0.4 is 0 Å². The molecule has 0 bridgehead atoms. The van der Waals surface area contributed by atoms with Crippen LogP contribution in [0.25, 0.3) is 21.5 Å². The summed E-state index contributed by atoms with van der Waals surface area (Å²) in [4.78, 5) is -0.0796. The Morgan fingerprint density at radius 2 is 0.468 bits per heavy atom. The molecule has 77 heavy (non-hydrogen) atoms. The fourth-order valence-corrected chi connectivity index (χ4v) is 13.0. The Bertz CT molecular complexity index is 2160. The van der Waals surface area contributed by atoms with E-state index in [9.17, 15) is 25.9 Å². The minimum Gasteiger partial charge on any atom is -0.744 e. The molecule has 0 saturated carbocycles. The van der Waals surface area contributed by atoms with Gasteiger partial charge in [-0.25, -0.2) is 16.8 Å². The third-order valence-electron chi connectivity index (χ3n) is 16.1. The van der Waals surface area contributed by atoms with Gasteiger partial charge in [0.25, 0.3) is 0 Å². The fourth-order valence-electron chi connectivity index (χ4n) is 11.5. The summed E-state index contributed by atoms with van der Waals surface area (Å²) in [5.74, 6) is 0. The summed E-state index contributed by atoms with van der Waals surface area (Å²) >= 11 is 0. The molecule has 9 heteroatoms. The van der Waals surface area contributed by atoms with Gasteiger partial charge < -0.3 is 9.11 Å². The third-order valence-corrected chi connectivity index (χ3v) is 17.9. The molecule has 0 aromatic heterocycles. The van der Waals surface area contributed by atoms with E-state index in [2.05, 4.69) is 52.0 Å². The molecule has 6 nitrogen and oxygen atoms in total. The molecule has 432 valence electrons. The van der Waals surface area contributed by atoms with Crippen LogP contribution >= 0.6 is 0 Å². The average molecular weight is 1130 g/mol. The first-order valence-corrected chi connectivity index (χ1v) is 34.8. The van der Waals surface area contributed by atoms with Crippen molar-refractivity contribution in [3.8, 4) is 0 Å². The summed E-state index contributed by atoms with van der Waals surface area (Å²) < 4.78 is 72.8. The number of hydrogen-bond donors (Lipinski definition) is 0. The number of benzene rings is 4. The molecule has 4 aromatic carbocycles. The molecule has 0 aliphatic heterocycles. The molecule has 0 heterocycles. The Balaban J connectivity index is 0.000000520. The molecule has 0 unspecified atom stereocenters. The van der Waals surface area contributed by atoms with Crippen LogP contribution in [0.3, 0.4) is 0 Å². The van der Waals surface area contributed by atoms with E-state index in [0.717, 1.165) is 86.1 Å². The molecule has 0 radical (unpaired) electrons. The van der Waals surface area contributed by atoms with Crippen molar-refractivity contribution in [1.82, 2.24) is 0 Å². The second-order valence-corrected chi connectivity index (χ2v) is 25.5. The van der Waals surface area contributed by atoms with E-state index in [0.29, 0.717) is 10.8 Å². The van der Waals surface area contributed by atoms with Crippen molar-refractivity contribution in [2.45, 2.75) is 320 Å². The Morgan fingerprint density at radius 3 is 0.688 bits per heavy atom. The van der Waals surface area contributed by atoms with Gasteiger partial charge in [-0.1, -0.05) is 307 Å². The minimum atomic E-state index is -4.52. The van der Waals surface area contributed by atoms with E-state index in [1.54, 1.807) is 12.1 Å². The van der Waals surface area contributed by atoms with Crippen LogP contribution in [-0.4, -0.2) is 63.7 Å². The van der Waals surface area contributed by atoms with Gasteiger partial charge in [0.15, 0.2) is 0 Å². The van der Waals surface area contributed by atoms with Crippen molar-refractivity contribution >= 4 is 79.5 Å². The molecule has 4 aromatic rings. The van der Waals surface area contributed by atoms with Gasteiger partial charge in [0.1, 0.15) is 20.2 Å². The molecule has 4 rings (SSSR count). The number of hydrogen-bond acceptors (Lipinski definition) is 6. The van der Waals surface area contributed by atoms with Crippen LogP contribution in [0, 0.1) is 0 Å². The maximum atomic E-state index is 12.1. The normalized spacial score (nSPS) is 11.8. The van der Waals surface area contributed by atoms with Crippen molar-refractivity contribution in [3.63, 3.8) is 0 Å². The van der Waals surface area contributed by atoms with Gasteiger partial charge in [-0.05, 0) is 96.5 Å². The first kappa shape index (κ1) is 71.6. The molecule has 0 aliphatic rings. The van der Waals surface area contributed by atoms with Gasteiger partial charge in [-0.15, -0.1) is 0 Å². The van der Waals surface area contributed by atoms with Crippen molar-refractivity contribution in [2.75, 3.05) is 0 Å². The maximum Gasteiger partial charge on any atom is 2.00 e. The topological polar surface area (TPSA) is 114 Å². The molecular formula is C68H110CaO6S2. The molecule has 0 atom stereocenters. The number of aryl methyl sites for hydroxylation is 4. The molecule has 0 spiro atoms. The number of unbranched alkanes of at least 4 members (excludes halogenated alkanes) is 36. The van der Waals surface area contributed by atoms with Gasteiger partial charge in [-0.2, -0.15) is 0 Å². The van der Waals surface area contributed by atoms with Gasteiger partial charge in [0, 0.05) is 10.8 Å². The fraction of sp³-hybridized carbons (Fsp3) is 0.706. The van der Waals surface area contributed by atoms with Crippen LogP contribution in [0.1, 0.15) is 307 Å². The van der Waals surface area contributed by atoms with Crippen molar-refractivity contribution in [3.05, 3.63) is 82.9 Å². The van der Waals surface area contributed by atoms with E-state index in [4.69, 9.17) is 0 Å². The van der Waals surface area contributed by atoms with E-state index in [1.165, 1.54) is 242 Å². The first-order chi connectivity index (χ1) is 37.0. The van der Waals surface area contributed by atoms with E-state index >= 15 is 0 Å². The molecule has 0 N–H and O–H groups in total. The molecule has 0 saturated heterocycles. The summed E-state index contributed by atoms with van der Waals surface area (Å²) in [6, 6.07) is 19.0. The Labute approximate surface area is 504 Å². The van der Waals surface area contributed by atoms with Crippen LogP contribution in [0.15, 0.2) is 70.5 Å². The molecule has 0 fully saturated rings. The van der Waals surface area contributed by atoms with Crippen molar-refractivity contribution < 1.29 is 25.9 Å². The van der Waals surface area contributed by atoms with E-state index in [-0.39, 0.29) is 47.5 Å². The maximum absolute atomic E-state index is 12.1. The standard InChI is InChI=1S/2C34H56O3S.Ca/c2*1-3-5-7-9-11-13-15-17-19-21-24-30-28-29-31(25-22-20-18-16-14-12-10-8-6-4-2)34-32(30)26-23-27-33(34)38(35,36)37;/h2*23,26-29H,3-22,24-25H2,1-2H3,(H,35,36,37);/q;;+2/p-2. The molecule has 0 aliphatic carbocycles. The average Bonchev–Trinajstić information content (AvgIpc) is 3.43. The summed E-state index contributed by atoms with van der Waals surface area (Å²) in [6.07, 6.45) is 55.0. The second kappa shape index (κ2) is 45.1. The SMILES string of the molecule is CCCCCCCCCCCCc1ccc(CCCCCCCCCCCC)c2c(S(=O)(=O)[O-])cccc12.CCCCCCCCCCCCc1ccc(CCCCCCCCCCCC)c2c(S(=O)(=O)[O-])cccc12.[Ca+2]. The summed E-state index contributed by atoms with van der Waals surface area (Å²) in [5, 5.41) is 3.29. The zero-order valence-electron chi connectivity index (χ0n) is 49.9. The zero-order valence-corrected chi connectivity index (χ0v) is 53.7. The smallest absolute Gasteiger partial charge is 0.744 e. The Morgan fingerprint density at radius 1 is 0.273 bits per heavy atom. The van der Waals surface area contributed by atoms with Crippen LogP contribution in [0.5, 0.6) is 0 Å². The summed E-state index contributed by atoms with van der Waals surface area (Å²) in [5.41, 5.74) is 4.39. The zero-order chi connectivity index (χ0) is 55.0. The monoisotopic (exact) mass is 1130 g/mol. The largest absolute Gasteiger partial charge is 2.00 e. The summed E-state index contributed by atoms with van der Waals surface area (Å²) in [7, 11) is -9.03. The van der Waals surface area contributed by atoms with E-state index < -0.39 is 20.2 Å². The molecule has 0 amide bonds. The van der Waals surface area contributed by atoms with Gasteiger partial charge >= 0.3 is 37.7 Å².